The first-order chi connectivity index (χ1) is 19.7. The molecule has 3 aromatic carbocycles. The van der Waals surface area contributed by atoms with Crippen molar-refractivity contribution >= 4 is 50.6 Å². The topological polar surface area (TPSA) is 107 Å². The van der Waals surface area contributed by atoms with Crippen LogP contribution in [-0.4, -0.2) is 73.9 Å². The number of sulfonamides is 1. The Morgan fingerprint density at radius 3 is 2.37 bits per heavy atom. The van der Waals surface area contributed by atoms with E-state index in [4.69, 9.17) is 0 Å². The van der Waals surface area contributed by atoms with Gasteiger partial charge in [-0.1, -0.05) is 42.5 Å². The van der Waals surface area contributed by atoms with Gasteiger partial charge >= 0.3 is 0 Å². The number of piperazine rings is 1. The maximum atomic E-state index is 14.0. The second-order valence-electron chi connectivity index (χ2n) is 9.37. The van der Waals surface area contributed by atoms with Gasteiger partial charge in [-0.2, -0.15) is 4.31 Å². The lowest BCUT2D eigenvalue weighted by Crippen LogP contribution is -2.48. The van der Waals surface area contributed by atoms with Crippen molar-refractivity contribution < 1.29 is 27.2 Å². The molecule has 0 aromatic heterocycles. The van der Waals surface area contributed by atoms with Crippen LogP contribution in [0.25, 0.3) is 6.08 Å². The fourth-order valence-electron chi connectivity index (χ4n) is 4.58. The molecule has 9 nitrogen and oxygen atoms in total. The highest BCUT2D eigenvalue weighted by molar-refractivity contribution is 8.18. The summed E-state index contributed by atoms with van der Waals surface area (Å²) in [6, 6.07) is 21.5. The first kappa shape index (κ1) is 28.5. The van der Waals surface area contributed by atoms with Gasteiger partial charge in [0.1, 0.15) is 5.82 Å². The third-order valence-corrected chi connectivity index (χ3v) is 9.58. The normalized spacial score (nSPS) is 17.3. The van der Waals surface area contributed by atoms with E-state index in [1.165, 1.54) is 52.8 Å². The molecule has 0 spiro atoms. The lowest BCUT2D eigenvalue weighted by molar-refractivity contribution is -0.122. The van der Waals surface area contributed by atoms with E-state index in [1.807, 2.05) is 30.3 Å². The Morgan fingerprint density at radius 2 is 1.63 bits per heavy atom. The van der Waals surface area contributed by atoms with Gasteiger partial charge in [0.25, 0.3) is 17.1 Å². The summed E-state index contributed by atoms with van der Waals surface area (Å²) < 4.78 is 42.0. The summed E-state index contributed by atoms with van der Waals surface area (Å²) in [5, 5.41) is 2.11. The van der Waals surface area contributed by atoms with Gasteiger partial charge in [0.05, 0.1) is 9.80 Å². The van der Waals surface area contributed by atoms with Crippen molar-refractivity contribution in [3.8, 4) is 0 Å². The number of imide groups is 1. The number of nitrogens with one attached hydrogen (secondary N) is 1. The van der Waals surface area contributed by atoms with E-state index in [9.17, 15) is 27.2 Å². The number of hydrogen-bond donors (Lipinski definition) is 1. The fourth-order valence-corrected chi connectivity index (χ4v) is 6.91. The predicted molar refractivity (Wildman–Crippen MR) is 155 cm³/mol. The average Bonchev–Trinajstić information content (AvgIpc) is 3.26. The van der Waals surface area contributed by atoms with E-state index in [0.717, 1.165) is 10.6 Å². The molecule has 2 heterocycles. The minimum absolute atomic E-state index is 0.0162. The van der Waals surface area contributed by atoms with E-state index >= 15 is 0 Å². The first-order valence-electron chi connectivity index (χ1n) is 12.9. The van der Waals surface area contributed by atoms with E-state index in [2.05, 4.69) is 10.2 Å². The second kappa shape index (κ2) is 12.2. The van der Waals surface area contributed by atoms with E-state index in [1.54, 1.807) is 6.07 Å². The SMILES string of the molecule is O=C(NCCN1C(=O)SC(=Cc2ccccc2F)C1=O)c1cccc(S(=O)(=O)N2CCN(c3ccccc3)CC2)c1. The van der Waals surface area contributed by atoms with Gasteiger partial charge in [0, 0.05) is 56.1 Å². The van der Waals surface area contributed by atoms with Crippen LogP contribution in [0.5, 0.6) is 0 Å². The molecule has 2 aliphatic heterocycles. The highest BCUT2D eigenvalue weighted by Gasteiger charge is 2.35. The number of thioether (sulfide) groups is 1. The molecule has 41 heavy (non-hydrogen) atoms. The van der Waals surface area contributed by atoms with Crippen LogP contribution in [0.3, 0.4) is 0 Å². The zero-order chi connectivity index (χ0) is 29.0. The number of nitrogens with zero attached hydrogens (tertiary/aromatic N) is 3. The lowest BCUT2D eigenvalue weighted by atomic mass is 10.2. The van der Waals surface area contributed by atoms with Crippen LogP contribution in [-0.2, 0) is 14.8 Å². The molecule has 0 bridgehead atoms. The van der Waals surface area contributed by atoms with Crippen molar-refractivity contribution in [2.45, 2.75) is 4.90 Å². The molecule has 0 atom stereocenters. The number of carbonyl (C=O) groups excluding carboxylic acids is 3. The summed E-state index contributed by atoms with van der Waals surface area (Å²) >= 11 is 0.702. The van der Waals surface area contributed by atoms with Crippen molar-refractivity contribution in [1.29, 1.82) is 0 Å². The number of para-hydroxylation sites is 1. The minimum Gasteiger partial charge on any atom is -0.369 e. The summed E-state index contributed by atoms with van der Waals surface area (Å²) in [6.07, 6.45) is 1.33. The highest BCUT2D eigenvalue weighted by Crippen LogP contribution is 2.32. The lowest BCUT2D eigenvalue weighted by Gasteiger charge is -2.35. The number of benzene rings is 3. The van der Waals surface area contributed by atoms with Crippen LogP contribution in [0.2, 0.25) is 0 Å². The second-order valence-corrected chi connectivity index (χ2v) is 12.3. The van der Waals surface area contributed by atoms with Crippen LogP contribution in [0.15, 0.2) is 88.7 Å². The Kier molecular flexibility index (Phi) is 8.52. The molecule has 3 aromatic rings. The number of hydrogen-bond acceptors (Lipinski definition) is 7. The molecule has 0 radical (unpaired) electrons. The Labute approximate surface area is 241 Å². The van der Waals surface area contributed by atoms with Gasteiger partial charge < -0.3 is 10.2 Å². The average molecular weight is 595 g/mol. The molecule has 3 amide bonds. The van der Waals surface area contributed by atoms with E-state index in [0.29, 0.717) is 37.9 Å². The number of halogens is 1. The van der Waals surface area contributed by atoms with E-state index < -0.39 is 32.9 Å². The van der Waals surface area contributed by atoms with Crippen molar-refractivity contribution in [2.75, 3.05) is 44.2 Å². The van der Waals surface area contributed by atoms with Crippen molar-refractivity contribution in [2.24, 2.45) is 0 Å². The maximum absolute atomic E-state index is 14.0. The number of amides is 3. The molecular weight excluding hydrogens is 567 g/mol. The Hall–Kier alpha value is -4.00. The van der Waals surface area contributed by atoms with Gasteiger partial charge in [0.2, 0.25) is 10.0 Å². The van der Waals surface area contributed by atoms with Crippen LogP contribution in [0, 0.1) is 5.82 Å². The highest BCUT2D eigenvalue weighted by atomic mass is 32.2. The third kappa shape index (κ3) is 6.34. The number of carbonyl (C=O) groups is 3. The summed E-state index contributed by atoms with van der Waals surface area (Å²) in [4.78, 5) is 41.1. The molecule has 0 unspecified atom stereocenters. The minimum atomic E-state index is -3.81. The molecule has 12 heteroatoms. The fraction of sp³-hybridized carbons (Fsp3) is 0.207. The molecule has 0 saturated carbocycles. The number of anilines is 1. The van der Waals surface area contributed by atoms with Crippen LogP contribution in [0.4, 0.5) is 14.9 Å². The van der Waals surface area contributed by atoms with Gasteiger partial charge in [0.15, 0.2) is 0 Å². The molecule has 5 rings (SSSR count). The van der Waals surface area contributed by atoms with E-state index in [-0.39, 0.29) is 34.0 Å². The summed E-state index contributed by atoms with van der Waals surface area (Å²) in [5.41, 5.74) is 1.37. The molecule has 0 aliphatic carbocycles. The van der Waals surface area contributed by atoms with Crippen LogP contribution < -0.4 is 10.2 Å². The Balaban J connectivity index is 1.17. The van der Waals surface area contributed by atoms with Crippen LogP contribution >= 0.6 is 11.8 Å². The van der Waals surface area contributed by atoms with Gasteiger partial charge in [-0.05, 0) is 54.2 Å². The molecule has 2 saturated heterocycles. The Morgan fingerprint density at radius 1 is 0.927 bits per heavy atom. The molecule has 1 N–H and O–H groups in total. The van der Waals surface area contributed by atoms with Gasteiger partial charge in [-0.15, -0.1) is 0 Å². The summed E-state index contributed by atoms with van der Waals surface area (Å²) in [7, 11) is -3.81. The number of rotatable bonds is 8. The quantitative estimate of drug-likeness (QED) is 0.396. The van der Waals surface area contributed by atoms with Gasteiger partial charge in [-0.3, -0.25) is 19.3 Å². The zero-order valence-electron chi connectivity index (χ0n) is 21.9. The molecular formula is C29H27FN4O5S2. The first-order valence-corrected chi connectivity index (χ1v) is 15.2. The summed E-state index contributed by atoms with van der Waals surface area (Å²) in [5.74, 6) is -1.62. The Bertz CT molecular complexity index is 1610. The van der Waals surface area contributed by atoms with Crippen molar-refractivity contribution in [1.82, 2.24) is 14.5 Å². The predicted octanol–water partition coefficient (Wildman–Crippen LogP) is 3.80. The van der Waals surface area contributed by atoms with Gasteiger partial charge in [-0.25, -0.2) is 12.8 Å². The molecule has 212 valence electrons. The largest absolute Gasteiger partial charge is 0.369 e. The smallest absolute Gasteiger partial charge is 0.293 e. The molecule has 2 fully saturated rings. The van der Waals surface area contributed by atoms with Crippen molar-refractivity contribution in [3.63, 3.8) is 0 Å². The third-order valence-electron chi connectivity index (χ3n) is 6.78. The maximum Gasteiger partial charge on any atom is 0.293 e. The summed E-state index contributed by atoms with van der Waals surface area (Å²) in [6.45, 7) is 1.60. The monoisotopic (exact) mass is 594 g/mol. The zero-order valence-corrected chi connectivity index (χ0v) is 23.5. The van der Waals surface area contributed by atoms with Crippen LogP contribution in [0.1, 0.15) is 15.9 Å². The van der Waals surface area contributed by atoms with Crippen molar-refractivity contribution in [3.05, 3.63) is 101 Å². The molecule has 2 aliphatic rings. The standard InChI is InChI=1S/C29H27FN4O5S2/c30-25-12-5-4-7-21(25)20-26-28(36)34(29(37)40-26)14-13-31-27(35)22-8-6-11-24(19-22)41(38,39)33-17-15-32(16-18-33)23-9-2-1-3-10-23/h1-12,19-20H,13-18H2,(H,31,35).